The second-order valence-corrected chi connectivity index (χ2v) is 5.25. The summed E-state index contributed by atoms with van der Waals surface area (Å²) in [6.45, 7) is 0.723. The number of nitrogens with two attached hydrogens (primary N) is 1. The van der Waals surface area contributed by atoms with Crippen LogP contribution in [0.1, 0.15) is 5.56 Å². The molecule has 3 rings (SSSR count). The van der Waals surface area contributed by atoms with Gasteiger partial charge < -0.3 is 16.0 Å². The molecule has 1 heterocycles. The Labute approximate surface area is 119 Å². The van der Waals surface area contributed by atoms with Crippen molar-refractivity contribution in [3.63, 3.8) is 0 Å². The molecule has 0 aliphatic carbocycles. The molecule has 0 bridgehead atoms. The summed E-state index contributed by atoms with van der Waals surface area (Å²) in [6, 6.07) is 12.0. The summed E-state index contributed by atoms with van der Waals surface area (Å²) >= 11 is 3.40. The van der Waals surface area contributed by atoms with Gasteiger partial charge in [0.25, 0.3) is 0 Å². The van der Waals surface area contributed by atoms with Crippen molar-refractivity contribution >= 4 is 38.3 Å². The third kappa shape index (κ3) is 2.56. The smallest absolute Gasteiger partial charge is 0.0931 e. The van der Waals surface area contributed by atoms with Gasteiger partial charge in [0.05, 0.1) is 28.7 Å². The number of nitrogens with one attached hydrogen (secondary N) is 2. The summed E-state index contributed by atoms with van der Waals surface area (Å²) in [5.74, 6) is 0. The normalized spacial score (nSPS) is 10.8. The van der Waals surface area contributed by atoms with Crippen LogP contribution in [0, 0.1) is 0 Å². The van der Waals surface area contributed by atoms with Crippen molar-refractivity contribution < 1.29 is 0 Å². The van der Waals surface area contributed by atoms with E-state index in [0.717, 1.165) is 33.4 Å². The number of benzene rings is 2. The van der Waals surface area contributed by atoms with E-state index in [1.165, 1.54) is 5.56 Å². The molecule has 3 aromatic rings. The summed E-state index contributed by atoms with van der Waals surface area (Å²) in [5, 5.41) is 3.33. The molecule has 0 atom stereocenters. The topological polar surface area (TPSA) is 66.7 Å². The van der Waals surface area contributed by atoms with E-state index in [0.29, 0.717) is 0 Å². The number of hydrogen-bond donors (Lipinski definition) is 3. The minimum Gasteiger partial charge on any atom is -0.397 e. The third-order valence-electron chi connectivity index (χ3n) is 2.98. The highest BCUT2D eigenvalue weighted by molar-refractivity contribution is 9.10. The van der Waals surface area contributed by atoms with Gasteiger partial charge in [-0.15, -0.1) is 0 Å². The van der Waals surface area contributed by atoms with E-state index >= 15 is 0 Å². The first-order valence-corrected chi connectivity index (χ1v) is 6.72. The highest BCUT2D eigenvalue weighted by Crippen LogP contribution is 2.23. The highest BCUT2D eigenvalue weighted by atomic mass is 79.9. The molecule has 0 spiro atoms. The van der Waals surface area contributed by atoms with Crippen LogP contribution in [0.2, 0.25) is 0 Å². The molecule has 5 heteroatoms. The number of nitrogens with zero attached hydrogens (tertiary/aromatic N) is 1. The van der Waals surface area contributed by atoms with Gasteiger partial charge in [-0.05, 0) is 35.9 Å². The second-order valence-electron chi connectivity index (χ2n) is 4.34. The van der Waals surface area contributed by atoms with Gasteiger partial charge in [0.2, 0.25) is 0 Å². The summed E-state index contributed by atoms with van der Waals surface area (Å²) in [4.78, 5) is 7.31. The number of nitrogen functional groups attached to an aromatic ring is 1. The molecular formula is C14H13BrN4. The van der Waals surface area contributed by atoms with Crippen molar-refractivity contribution in [2.45, 2.75) is 6.54 Å². The molecule has 0 aliphatic heterocycles. The van der Waals surface area contributed by atoms with E-state index in [2.05, 4.69) is 43.3 Å². The lowest BCUT2D eigenvalue weighted by atomic mass is 10.2. The number of hydrogen-bond acceptors (Lipinski definition) is 3. The molecule has 0 saturated heterocycles. The van der Waals surface area contributed by atoms with Crippen molar-refractivity contribution in [2.24, 2.45) is 0 Å². The van der Waals surface area contributed by atoms with E-state index in [4.69, 9.17) is 5.73 Å². The van der Waals surface area contributed by atoms with Crippen molar-refractivity contribution in [1.82, 2.24) is 9.97 Å². The maximum atomic E-state index is 5.95. The van der Waals surface area contributed by atoms with E-state index in [1.807, 2.05) is 24.3 Å². The maximum Gasteiger partial charge on any atom is 0.0931 e. The van der Waals surface area contributed by atoms with Gasteiger partial charge in [0.15, 0.2) is 0 Å². The molecule has 4 N–H and O–H groups in total. The minimum absolute atomic E-state index is 0.723. The molecular weight excluding hydrogens is 304 g/mol. The van der Waals surface area contributed by atoms with Crippen LogP contribution in [0.15, 0.2) is 47.2 Å². The van der Waals surface area contributed by atoms with Gasteiger partial charge in [-0.3, -0.25) is 0 Å². The predicted molar refractivity (Wildman–Crippen MR) is 82.0 cm³/mol. The average molecular weight is 317 g/mol. The quantitative estimate of drug-likeness (QED) is 0.648. The standard InChI is InChI=1S/C14H13BrN4/c15-10-2-4-12(11(16)6-10)17-7-9-1-3-13-14(5-9)19-8-18-13/h1-6,8,17H,7,16H2,(H,18,19). The zero-order valence-corrected chi connectivity index (χ0v) is 11.7. The van der Waals surface area contributed by atoms with Gasteiger partial charge in [-0.25, -0.2) is 4.98 Å². The van der Waals surface area contributed by atoms with Crippen LogP contribution in [0.5, 0.6) is 0 Å². The van der Waals surface area contributed by atoms with Crippen LogP contribution in [0.4, 0.5) is 11.4 Å². The maximum absolute atomic E-state index is 5.95. The van der Waals surface area contributed by atoms with Crippen molar-refractivity contribution in [2.75, 3.05) is 11.1 Å². The van der Waals surface area contributed by atoms with Crippen LogP contribution in [-0.4, -0.2) is 9.97 Å². The minimum atomic E-state index is 0.723. The van der Waals surface area contributed by atoms with E-state index in [1.54, 1.807) is 6.33 Å². The molecule has 0 amide bonds. The Kier molecular flexibility index (Phi) is 3.13. The molecule has 19 heavy (non-hydrogen) atoms. The Morgan fingerprint density at radius 1 is 1.21 bits per heavy atom. The number of fused-ring (bicyclic) bond motifs is 1. The summed E-state index contributed by atoms with van der Waals surface area (Å²) in [6.07, 6.45) is 1.70. The number of halogens is 1. The number of aromatic nitrogens is 2. The van der Waals surface area contributed by atoms with Crippen LogP contribution in [0.3, 0.4) is 0 Å². The lowest BCUT2D eigenvalue weighted by molar-refractivity contribution is 1.15. The fraction of sp³-hybridized carbons (Fsp3) is 0.0714. The molecule has 0 unspecified atom stereocenters. The van der Waals surface area contributed by atoms with Crippen molar-refractivity contribution in [3.8, 4) is 0 Å². The van der Waals surface area contributed by atoms with Crippen molar-refractivity contribution in [3.05, 3.63) is 52.8 Å². The number of rotatable bonds is 3. The fourth-order valence-corrected chi connectivity index (χ4v) is 2.36. The van der Waals surface area contributed by atoms with E-state index in [-0.39, 0.29) is 0 Å². The van der Waals surface area contributed by atoms with Crippen LogP contribution in [0.25, 0.3) is 11.0 Å². The Balaban J connectivity index is 1.77. The van der Waals surface area contributed by atoms with Crippen LogP contribution < -0.4 is 11.1 Å². The van der Waals surface area contributed by atoms with Crippen LogP contribution >= 0.6 is 15.9 Å². The lowest BCUT2D eigenvalue weighted by Crippen LogP contribution is -2.02. The summed E-state index contributed by atoms with van der Waals surface area (Å²) < 4.78 is 0.981. The highest BCUT2D eigenvalue weighted by Gasteiger charge is 2.01. The van der Waals surface area contributed by atoms with Gasteiger partial charge in [0, 0.05) is 11.0 Å². The van der Waals surface area contributed by atoms with Gasteiger partial charge in [-0.1, -0.05) is 22.0 Å². The monoisotopic (exact) mass is 316 g/mol. The second kappa shape index (κ2) is 4.93. The molecule has 96 valence electrons. The van der Waals surface area contributed by atoms with Gasteiger partial charge >= 0.3 is 0 Å². The summed E-state index contributed by atoms with van der Waals surface area (Å²) in [7, 11) is 0. The Bertz CT molecular complexity index is 720. The van der Waals surface area contributed by atoms with Gasteiger partial charge in [-0.2, -0.15) is 0 Å². The SMILES string of the molecule is Nc1cc(Br)ccc1NCc1ccc2nc[nH]c2c1. The molecule has 0 aliphatic rings. The predicted octanol–water partition coefficient (Wildman–Crippen LogP) is 3.52. The first-order chi connectivity index (χ1) is 9.22. The van der Waals surface area contributed by atoms with Gasteiger partial charge in [0.1, 0.15) is 0 Å². The van der Waals surface area contributed by atoms with Crippen molar-refractivity contribution in [1.29, 1.82) is 0 Å². The first-order valence-electron chi connectivity index (χ1n) is 5.93. The largest absolute Gasteiger partial charge is 0.397 e. The zero-order valence-electron chi connectivity index (χ0n) is 10.2. The molecule has 2 aromatic carbocycles. The molecule has 0 saturated carbocycles. The zero-order chi connectivity index (χ0) is 13.2. The average Bonchev–Trinajstić information content (AvgIpc) is 2.85. The number of aromatic amines is 1. The number of H-pyrrole nitrogens is 1. The van der Waals surface area contributed by atoms with E-state index < -0.39 is 0 Å². The Hall–Kier alpha value is -2.01. The third-order valence-corrected chi connectivity index (χ3v) is 3.47. The number of anilines is 2. The molecule has 1 aromatic heterocycles. The molecule has 4 nitrogen and oxygen atoms in total. The number of imidazole rings is 1. The van der Waals surface area contributed by atoms with Crippen LogP contribution in [-0.2, 0) is 6.54 Å². The first kappa shape index (κ1) is 12.0. The Morgan fingerprint density at radius 2 is 2.11 bits per heavy atom. The fourth-order valence-electron chi connectivity index (χ4n) is 1.98. The molecule has 0 fully saturated rings. The summed E-state index contributed by atoms with van der Waals surface area (Å²) in [5.41, 5.74) is 10.8. The lowest BCUT2D eigenvalue weighted by Gasteiger charge is -2.09. The molecule has 0 radical (unpaired) electrons. The van der Waals surface area contributed by atoms with E-state index in [9.17, 15) is 0 Å². The Morgan fingerprint density at radius 3 is 2.95 bits per heavy atom.